The molecule has 0 amide bonds. The van der Waals surface area contributed by atoms with Crippen molar-refractivity contribution in [3.05, 3.63) is 41.7 Å². The summed E-state index contributed by atoms with van der Waals surface area (Å²) in [4.78, 5) is 4.33. The lowest BCUT2D eigenvalue weighted by molar-refractivity contribution is -0.160. The van der Waals surface area contributed by atoms with E-state index in [0.29, 0.717) is 18.8 Å². The van der Waals surface area contributed by atoms with Crippen LogP contribution in [-0.4, -0.2) is 73.8 Å². The number of para-hydroxylation sites is 1. The van der Waals surface area contributed by atoms with E-state index in [-0.39, 0.29) is 24.6 Å². The number of aliphatic hydroxyl groups is 2. The summed E-state index contributed by atoms with van der Waals surface area (Å²) >= 11 is 1.43. The Labute approximate surface area is 185 Å². The van der Waals surface area contributed by atoms with Gasteiger partial charge in [0.25, 0.3) is 0 Å². The zero-order chi connectivity index (χ0) is 21.8. The maximum atomic E-state index is 10.5. The van der Waals surface area contributed by atoms with Crippen molar-refractivity contribution in [3.8, 4) is 5.75 Å². The highest BCUT2D eigenvalue weighted by molar-refractivity contribution is 8.14. The van der Waals surface area contributed by atoms with E-state index in [9.17, 15) is 10.2 Å². The van der Waals surface area contributed by atoms with Crippen molar-refractivity contribution in [2.45, 2.75) is 56.4 Å². The molecular weight excluding hydrogens is 420 g/mol. The van der Waals surface area contributed by atoms with Crippen LogP contribution >= 0.6 is 11.8 Å². The minimum Gasteiger partial charge on any atom is -0.487 e. The van der Waals surface area contributed by atoms with E-state index in [0.717, 1.165) is 16.5 Å². The lowest BCUT2D eigenvalue weighted by Crippen LogP contribution is -2.59. The molecule has 2 aliphatic heterocycles. The molecule has 10 nitrogen and oxygen atoms in total. The van der Waals surface area contributed by atoms with E-state index in [2.05, 4.69) is 25.9 Å². The number of benzene rings is 1. The highest BCUT2D eigenvalue weighted by Crippen LogP contribution is 2.34. The van der Waals surface area contributed by atoms with E-state index in [1.165, 1.54) is 11.8 Å². The van der Waals surface area contributed by atoms with Crippen LogP contribution in [0, 0.1) is 0 Å². The average Bonchev–Trinajstić information content (AvgIpc) is 3.38. The molecule has 31 heavy (non-hydrogen) atoms. The molecule has 4 N–H and O–H groups in total. The van der Waals surface area contributed by atoms with Gasteiger partial charge < -0.3 is 30.3 Å². The SMILES string of the molecule is CCN=C1NC2C(OC(Cn3cc(COc4ccccc4CNC)nn3)C(O)C2O)S1. The smallest absolute Gasteiger partial charge is 0.159 e. The van der Waals surface area contributed by atoms with Gasteiger partial charge >= 0.3 is 0 Å². The number of fused-ring (bicyclic) bond motifs is 1. The second-order valence-electron chi connectivity index (χ2n) is 7.45. The standard InChI is InChI=1S/C20H28N6O4S/c1-3-22-20-23-16-18(28)17(27)15(30-19(16)31-20)10-26-9-13(24-25-26)11-29-14-7-5-4-6-12(14)8-21-2/h4-7,9,15-19,21,27-28H,3,8,10-11H2,1-2H3,(H,22,23). The molecule has 2 aliphatic rings. The minimum absolute atomic E-state index is 0.269. The van der Waals surface area contributed by atoms with Gasteiger partial charge in [-0.05, 0) is 20.0 Å². The second-order valence-corrected chi connectivity index (χ2v) is 8.54. The Hall–Kier alpha value is -2.18. The Kier molecular flexibility index (Phi) is 7.08. The van der Waals surface area contributed by atoms with Crippen LogP contribution in [0.5, 0.6) is 5.75 Å². The molecular formula is C20H28N6O4S. The lowest BCUT2D eigenvalue weighted by Gasteiger charge is -2.38. The van der Waals surface area contributed by atoms with Crippen LogP contribution in [0.3, 0.4) is 0 Å². The fourth-order valence-electron chi connectivity index (χ4n) is 3.66. The van der Waals surface area contributed by atoms with Crippen molar-refractivity contribution in [2.24, 2.45) is 4.99 Å². The molecule has 0 radical (unpaired) electrons. The third kappa shape index (κ3) is 5.01. The Morgan fingerprint density at radius 2 is 2.16 bits per heavy atom. The molecule has 2 fully saturated rings. The number of hydrogen-bond donors (Lipinski definition) is 4. The predicted octanol–water partition coefficient (Wildman–Crippen LogP) is 0.104. The number of aromatic nitrogens is 3. The van der Waals surface area contributed by atoms with Crippen molar-refractivity contribution in [1.29, 1.82) is 0 Å². The number of hydrogen-bond acceptors (Lipinski definition) is 9. The largest absolute Gasteiger partial charge is 0.487 e. The van der Waals surface area contributed by atoms with Gasteiger partial charge in [-0.3, -0.25) is 4.99 Å². The highest BCUT2D eigenvalue weighted by Gasteiger charge is 2.49. The fraction of sp³-hybridized carbons (Fsp3) is 0.550. The van der Waals surface area contributed by atoms with Crippen LogP contribution in [-0.2, 0) is 24.4 Å². The molecule has 2 aromatic rings. The van der Waals surface area contributed by atoms with Crippen LogP contribution in [0.25, 0.3) is 0 Å². The van der Waals surface area contributed by atoms with Crippen LogP contribution in [0.1, 0.15) is 18.2 Å². The third-order valence-electron chi connectivity index (χ3n) is 5.19. The van der Waals surface area contributed by atoms with Crippen LogP contribution in [0.4, 0.5) is 0 Å². The zero-order valence-corrected chi connectivity index (χ0v) is 18.3. The van der Waals surface area contributed by atoms with E-state index in [4.69, 9.17) is 9.47 Å². The number of nitrogens with zero attached hydrogens (tertiary/aromatic N) is 4. The number of amidine groups is 1. The van der Waals surface area contributed by atoms with Crippen molar-refractivity contribution < 1.29 is 19.7 Å². The molecule has 0 aliphatic carbocycles. The molecule has 11 heteroatoms. The number of nitrogens with one attached hydrogen (secondary N) is 2. The number of ether oxygens (including phenoxy) is 2. The summed E-state index contributed by atoms with van der Waals surface area (Å²) in [7, 11) is 1.89. The third-order valence-corrected chi connectivity index (χ3v) is 6.30. The molecule has 2 saturated heterocycles. The first-order valence-corrected chi connectivity index (χ1v) is 11.2. The summed E-state index contributed by atoms with van der Waals surface area (Å²) in [6.45, 7) is 3.84. The maximum Gasteiger partial charge on any atom is 0.159 e. The summed E-state index contributed by atoms with van der Waals surface area (Å²) in [6.07, 6.45) is -0.860. The summed E-state index contributed by atoms with van der Waals surface area (Å²) < 4.78 is 13.5. The molecule has 4 rings (SSSR count). The summed E-state index contributed by atoms with van der Waals surface area (Å²) in [5, 5.41) is 36.3. The average molecular weight is 449 g/mol. The molecule has 1 aromatic heterocycles. The van der Waals surface area contributed by atoms with Crippen LogP contribution in [0.15, 0.2) is 35.5 Å². The number of thioether (sulfide) groups is 1. The lowest BCUT2D eigenvalue weighted by atomic mass is 9.98. The highest BCUT2D eigenvalue weighted by atomic mass is 32.2. The molecule has 0 spiro atoms. The summed E-state index contributed by atoms with van der Waals surface area (Å²) in [5.74, 6) is 0.793. The number of rotatable bonds is 8. The van der Waals surface area contributed by atoms with E-state index in [1.807, 2.05) is 38.2 Å². The van der Waals surface area contributed by atoms with Gasteiger partial charge in [-0.1, -0.05) is 35.2 Å². The summed E-state index contributed by atoms with van der Waals surface area (Å²) in [5.41, 5.74) is 1.41. The molecule has 0 bridgehead atoms. The Balaban J connectivity index is 1.36. The van der Waals surface area contributed by atoms with E-state index < -0.39 is 18.3 Å². The molecule has 5 atom stereocenters. The summed E-state index contributed by atoms with van der Waals surface area (Å²) in [6, 6.07) is 7.44. The molecule has 1 aromatic carbocycles. The Bertz CT molecular complexity index is 909. The monoisotopic (exact) mass is 448 g/mol. The Morgan fingerprint density at radius 3 is 2.97 bits per heavy atom. The normalized spacial score (nSPS) is 29.0. The van der Waals surface area contributed by atoms with Gasteiger partial charge in [0, 0.05) is 18.7 Å². The quantitative estimate of drug-likeness (QED) is 0.445. The predicted molar refractivity (Wildman–Crippen MR) is 117 cm³/mol. The van der Waals surface area contributed by atoms with Crippen LogP contribution < -0.4 is 15.4 Å². The van der Waals surface area contributed by atoms with Gasteiger partial charge in [-0.15, -0.1) is 5.10 Å². The van der Waals surface area contributed by atoms with Gasteiger partial charge in [-0.2, -0.15) is 0 Å². The van der Waals surface area contributed by atoms with Crippen molar-refractivity contribution in [3.63, 3.8) is 0 Å². The van der Waals surface area contributed by atoms with Crippen molar-refractivity contribution in [1.82, 2.24) is 25.6 Å². The first-order chi connectivity index (χ1) is 15.1. The molecule has 5 unspecified atom stereocenters. The van der Waals surface area contributed by atoms with E-state index >= 15 is 0 Å². The molecule has 3 heterocycles. The number of aliphatic hydroxyl groups excluding tert-OH is 2. The molecule has 0 saturated carbocycles. The number of aliphatic imine (C=N–C) groups is 1. The maximum absolute atomic E-state index is 10.5. The molecule has 168 valence electrons. The topological polar surface area (TPSA) is 126 Å². The first-order valence-electron chi connectivity index (χ1n) is 10.3. The zero-order valence-electron chi connectivity index (χ0n) is 17.5. The van der Waals surface area contributed by atoms with E-state index in [1.54, 1.807) is 10.9 Å². The van der Waals surface area contributed by atoms with Gasteiger partial charge in [0.15, 0.2) is 5.17 Å². The second kappa shape index (κ2) is 9.96. The van der Waals surface area contributed by atoms with Gasteiger partial charge in [-0.25, -0.2) is 4.68 Å². The van der Waals surface area contributed by atoms with Crippen molar-refractivity contribution in [2.75, 3.05) is 13.6 Å². The first kappa shape index (κ1) is 22.0. The van der Waals surface area contributed by atoms with Crippen LogP contribution in [0.2, 0.25) is 0 Å². The van der Waals surface area contributed by atoms with Crippen molar-refractivity contribution >= 4 is 16.9 Å². The van der Waals surface area contributed by atoms with Gasteiger partial charge in [0.05, 0.1) is 18.8 Å². The van der Waals surface area contributed by atoms with Gasteiger partial charge in [0.2, 0.25) is 0 Å². The van der Waals surface area contributed by atoms with Gasteiger partial charge in [0.1, 0.15) is 41.8 Å². The Morgan fingerprint density at radius 1 is 1.32 bits per heavy atom. The minimum atomic E-state index is -1.05. The fourth-order valence-corrected chi connectivity index (χ4v) is 4.86.